The molecule has 109 valence electrons. The Morgan fingerprint density at radius 1 is 0.773 bits per heavy atom. The zero-order valence-electron chi connectivity index (χ0n) is 13.4. The summed E-state index contributed by atoms with van der Waals surface area (Å²) >= 11 is 0. The first kappa shape index (κ1) is 14.8. The minimum Gasteiger partial charge on any atom is -0.0656 e. The van der Waals surface area contributed by atoms with Crippen molar-refractivity contribution in [3.05, 3.63) is 101 Å². The summed E-state index contributed by atoms with van der Waals surface area (Å²) < 4.78 is 0. The highest BCUT2D eigenvalue weighted by Crippen LogP contribution is 2.33. The van der Waals surface area contributed by atoms with Crippen LogP contribution in [0.4, 0.5) is 0 Å². The molecule has 0 N–H and O–H groups in total. The van der Waals surface area contributed by atoms with E-state index in [-0.39, 0.29) is 0 Å². The first-order chi connectivity index (χ1) is 10.6. The lowest BCUT2D eigenvalue weighted by Crippen LogP contribution is -2.21. The highest BCUT2D eigenvalue weighted by Gasteiger charge is 2.22. The van der Waals surface area contributed by atoms with Crippen LogP contribution in [0.25, 0.3) is 5.57 Å². The molecule has 0 atom stereocenters. The zero-order valence-corrected chi connectivity index (χ0v) is 14.4. The van der Waals surface area contributed by atoms with Crippen molar-refractivity contribution in [3.8, 4) is 0 Å². The number of allylic oxidation sites excluding steroid dienone is 5. The maximum Gasteiger partial charge on any atom is 0.0776 e. The highest BCUT2D eigenvalue weighted by atomic mass is 28.3. The number of benzene rings is 2. The average Bonchev–Trinajstić information content (AvgIpc) is 2.99. The van der Waals surface area contributed by atoms with Crippen molar-refractivity contribution < 1.29 is 0 Å². The lowest BCUT2D eigenvalue weighted by atomic mass is 9.93. The van der Waals surface area contributed by atoms with Crippen molar-refractivity contribution in [2.24, 2.45) is 0 Å². The van der Waals surface area contributed by atoms with Gasteiger partial charge in [-0.3, -0.25) is 0 Å². The molecule has 0 spiro atoms. The van der Waals surface area contributed by atoms with Crippen LogP contribution in [-0.2, 0) is 0 Å². The lowest BCUT2D eigenvalue weighted by molar-refractivity contribution is 1.51. The van der Waals surface area contributed by atoms with E-state index in [1.54, 1.807) is 0 Å². The molecular formula is C21H21Si. The summed E-state index contributed by atoms with van der Waals surface area (Å²) in [4.78, 5) is 0. The third-order valence-corrected chi connectivity index (χ3v) is 5.96. The van der Waals surface area contributed by atoms with Gasteiger partial charge in [0, 0.05) is 0 Å². The van der Waals surface area contributed by atoms with Gasteiger partial charge in [0.05, 0.1) is 8.07 Å². The van der Waals surface area contributed by atoms with E-state index in [0.29, 0.717) is 0 Å². The van der Waals surface area contributed by atoms with Gasteiger partial charge in [0.1, 0.15) is 0 Å². The highest BCUT2D eigenvalue weighted by molar-refractivity contribution is 6.83. The van der Waals surface area contributed by atoms with E-state index in [9.17, 15) is 0 Å². The second-order valence-corrected chi connectivity index (χ2v) is 11.7. The summed E-state index contributed by atoms with van der Waals surface area (Å²) in [6, 6.07) is 21.2. The molecule has 0 nitrogen and oxygen atoms in total. The molecule has 2 aromatic carbocycles. The second-order valence-electron chi connectivity index (χ2n) is 6.66. The Morgan fingerprint density at radius 3 is 1.68 bits per heavy atom. The van der Waals surface area contributed by atoms with Crippen LogP contribution in [-0.4, -0.2) is 8.07 Å². The number of rotatable bonds is 3. The van der Waals surface area contributed by atoms with Crippen molar-refractivity contribution in [1.29, 1.82) is 0 Å². The van der Waals surface area contributed by atoms with E-state index in [4.69, 9.17) is 0 Å². The number of hydrogen-bond donors (Lipinski definition) is 0. The summed E-state index contributed by atoms with van der Waals surface area (Å²) in [5.74, 6) is 0. The molecule has 0 aliphatic heterocycles. The molecule has 0 bridgehead atoms. The predicted octanol–water partition coefficient (Wildman–Crippen LogP) is 5.67. The Labute approximate surface area is 134 Å². The van der Waals surface area contributed by atoms with Gasteiger partial charge in [-0.1, -0.05) is 97.7 Å². The van der Waals surface area contributed by atoms with Crippen molar-refractivity contribution >= 4 is 13.6 Å². The summed E-state index contributed by atoms with van der Waals surface area (Å²) in [6.07, 6.45) is 8.03. The van der Waals surface area contributed by atoms with Gasteiger partial charge in [-0.15, -0.1) is 0 Å². The smallest absolute Gasteiger partial charge is 0.0656 e. The molecule has 22 heavy (non-hydrogen) atoms. The maximum absolute atomic E-state index is 3.51. The molecule has 1 aliphatic rings. The average molecular weight is 301 g/mol. The van der Waals surface area contributed by atoms with Crippen LogP contribution >= 0.6 is 0 Å². The summed E-state index contributed by atoms with van der Waals surface area (Å²) in [7, 11) is -1.30. The molecule has 3 rings (SSSR count). The van der Waals surface area contributed by atoms with Crippen molar-refractivity contribution in [2.75, 3.05) is 0 Å². The Bertz CT molecular complexity index is 700. The summed E-state index contributed by atoms with van der Waals surface area (Å²) in [6.45, 7) is 7.14. The normalized spacial score (nSPS) is 14.1. The van der Waals surface area contributed by atoms with E-state index in [2.05, 4.69) is 98.5 Å². The third kappa shape index (κ3) is 3.05. The zero-order chi connectivity index (χ0) is 15.6. The van der Waals surface area contributed by atoms with Crippen LogP contribution in [0.1, 0.15) is 11.1 Å². The molecule has 2 aromatic rings. The molecule has 0 unspecified atom stereocenters. The van der Waals surface area contributed by atoms with Crippen LogP contribution in [0.2, 0.25) is 19.6 Å². The quantitative estimate of drug-likeness (QED) is 0.641. The number of hydrogen-bond acceptors (Lipinski definition) is 0. The molecule has 0 fully saturated rings. The minimum atomic E-state index is -1.30. The largest absolute Gasteiger partial charge is 0.0776 e. The second kappa shape index (κ2) is 5.94. The van der Waals surface area contributed by atoms with Gasteiger partial charge in [-0.25, -0.2) is 0 Å². The molecule has 1 heteroatoms. The van der Waals surface area contributed by atoms with Gasteiger partial charge < -0.3 is 0 Å². The fraction of sp³-hybridized carbons (Fsp3) is 0.143. The van der Waals surface area contributed by atoms with Crippen LogP contribution in [0.15, 0.2) is 83.6 Å². The lowest BCUT2D eigenvalue weighted by Gasteiger charge is -2.15. The Morgan fingerprint density at radius 2 is 1.27 bits per heavy atom. The van der Waals surface area contributed by atoms with Gasteiger partial charge in [-0.05, 0) is 28.3 Å². The first-order valence-electron chi connectivity index (χ1n) is 7.73. The molecule has 1 radical (unpaired) electrons. The van der Waals surface area contributed by atoms with Gasteiger partial charge >= 0.3 is 0 Å². The molecule has 1 aliphatic carbocycles. The van der Waals surface area contributed by atoms with Crippen molar-refractivity contribution in [1.82, 2.24) is 0 Å². The van der Waals surface area contributed by atoms with Crippen molar-refractivity contribution in [3.63, 3.8) is 0 Å². The monoisotopic (exact) mass is 301 g/mol. The molecule has 0 saturated heterocycles. The Hall–Kier alpha value is -2.12. The van der Waals surface area contributed by atoms with E-state index >= 15 is 0 Å². The standard InChI is InChI=1S/C21H21Si/c1-22(2,3)20-15-14-19(16-20)21(17-10-6-4-7-11-17)18-12-8-5-9-13-18/h4-13,15-16H,1-3H3. The summed E-state index contributed by atoms with van der Waals surface area (Å²) in [5.41, 5.74) is 4.97. The first-order valence-corrected chi connectivity index (χ1v) is 11.2. The molecular weight excluding hydrogens is 280 g/mol. The van der Waals surface area contributed by atoms with Gasteiger partial charge in [-0.2, -0.15) is 0 Å². The van der Waals surface area contributed by atoms with Crippen LogP contribution in [0.3, 0.4) is 0 Å². The topological polar surface area (TPSA) is 0 Å². The van der Waals surface area contributed by atoms with Gasteiger partial charge in [0.15, 0.2) is 0 Å². The fourth-order valence-electron chi connectivity index (χ4n) is 2.66. The molecule has 0 amide bonds. The van der Waals surface area contributed by atoms with Crippen LogP contribution in [0.5, 0.6) is 0 Å². The Kier molecular flexibility index (Phi) is 3.99. The van der Waals surface area contributed by atoms with Crippen molar-refractivity contribution in [2.45, 2.75) is 19.6 Å². The molecule has 0 aromatic heterocycles. The van der Waals surface area contributed by atoms with Gasteiger partial charge in [0.2, 0.25) is 0 Å². The SMILES string of the molecule is C[Si](C)(C)C1=CC(=C(c2ccccc2)c2ccccc2)[C]=C1. The van der Waals surface area contributed by atoms with Crippen LogP contribution in [0, 0.1) is 6.08 Å². The maximum atomic E-state index is 3.51. The third-order valence-electron chi connectivity index (χ3n) is 3.94. The molecule has 0 saturated carbocycles. The minimum absolute atomic E-state index is 1.20. The molecule has 0 heterocycles. The van der Waals surface area contributed by atoms with E-state index in [1.165, 1.54) is 27.5 Å². The van der Waals surface area contributed by atoms with E-state index in [0.717, 1.165) is 0 Å². The van der Waals surface area contributed by atoms with Crippen LogP contribution < -0.4 is 0 Å². The van der Waals surface area contributed by atoms with Gasteiger partial charge in [0.25, 0.3) is 0 Å². The van der Waals surface area contributed by atoms with E-state index in [1.807, 2.05) is 0 Å². The predicted molar refractivity (Wildman–Crippen MR) is 98.1 cm³/mol. The Balaban J connectivity index is 2.18. The summed E-state index contributed by atoms with van der Waals surface area (Å²) in [5, 5.41) is 1.46. The fourth-order valence-corrected chi connectivity index (χ4v) is 3.74. The van der Waals surface area contributed by atoms with E-state index < -0.39 is 8.07 Å².